The molecule has 1 aliphatic rings. The van der Waals surface area contributed by atoms with E-state index in [1.165, 1.54) is 0 Å². The molecule has 3 N–H and O–H groups in total. The maximum absolute atomic E-state index is 13.2. The number of imidazole rings is 1. The number of rotatable bonds is 5. The van der Waals surface area contributed by atoms with Crippen LogP contribution in [-0.2, 0) is 6.42 Å². The van der Waals surface area contributed by atoms with Gasteiger partial charge in [-0.05, 0) is 91.4 Å². The van der Waals surface area contributed by atoms with Crippen molar-refractivity contribution in [3.05, 3.63) is 108 Å². The second-order valence-corrected chi connectivity index (χ2v) is 9.89. The minimum Gasteiger partial charge on any atom is -0.383 e. The molecule has 0 saturated carbocycles. The average molecular weight is 552 g/mol. The van der Waals surface area contributed by atoms with Crippen molar-refractivity contribution in [2.75, 3.05) is 5.73 Å². The highest BCUT2D eigenvalue weighted by atomic mass is 16.1. The van der Waals surface area contributed by atoms with E-state index in [1.54, 1.807) is 42.3 Å². The van der Waals surface area contributed by atoms with Crippen molar-refractivity contribution < 1.29 is 4.79 Å². The molecule has 5 aromatic heterocycles. The molecule has 0 fully saturated rings. The molecule has 0 aliphatic heterocycles. The number of hydrogen-bond acceptors (Lipinski definition) is 7. The predicted molar refractivity (Wildman–Crippen MR) is 159 cm³/mol. The Hall–Kier alpha value is -5.82. The van der Waals surface area contributed by atoms with Crippen LogP contribution in [0.2, 0.25) is 0 Å². The second kappa shape index (κ2) is 10.3. The molecule has 0 radical (unpaired) electrons. The zero-order valence-corrected chi connectivity index (χ0v) is 22.7. The van der Waals surface area contributed by atoms with Gasteiger partial charge in [0.15, 0.2) is 17.3 Å². The monoisotopic (exact) mass is 551 g/mol. The Bertz CT molecular complexity index is 2030. The lowest BCUT2D eigenvalue weighted by Crippen LogP contribution is -2.28. The maximum atomic E-state index is 13.2. The van der Waals surface area contributed by atoms with Crippen LogP contribution in [0.25, 0.3) is 34.1 Å². The molecule has 0 bridgehead atoms. The van der Waals surface area contributed by atoms with Gasteiger partial charge in [-0.3, -0.25) is 9.36 Å². The van der Waals surface area contributed by atoms with Gasteiger partial charge in [0.05, 0.1) is 17.2 Å². The summed E-state index contributed by atoms with van der Waals surface area (Å²) < 4.78 is 3.72. The third-order valence-electron chi connectivity index (χ3n) is 7.37. The van der Waals surface area contributed by atoms with Gasteiger partial charge in [-0.25, -0.2) is 24.6 Å². The quantitative estimate of drug-likeness (QED) is 0.303. The number of pyridine rings is 3. The van der Waals surface area contributed by atoms with E-state index in [0.717, 1.165) is 35.2 Å². The van der Waals surface area contributed by atoms with Gasteiger partial charge in [-0.15, -0.1) is 0 Å². The van der Waals surface area contributed by atoms with Gasteiger partial charge in [0.2, 0.25) is 0 Å². The van der Waals surface area contributed by atoms with E-state index in [9.17, 15) is 4.79 Å². The minimum absolute atomic E-state index is 0.123. The van der Waals surface area contributed by atoms with Gasteiger partial charge < -0.3 is 11.1 Å². The zero-order valence-electron chi connectivity index (χ0n) is 22.7. The van der Waals surface area contributed by atoms with E-state index in [1.807, 2.05) is 47.2 Å². The lowest BCUT2D eigenvalue weighted by atomic mass is 10.1. The number of amides is 1. The lowest BCUT2D eigenvalue weighted by Gasteiger charge is -2.16. The molecule has 42 heavy (non-hydrogen) atoms. The van der Waals surface area contributed by atoms with Crippen molar-refractivity contribution in [3.63, 3.8) is 0 Å². The number of nitrogens with one attached hydrogen (secondary N) is 1. The van der Waals surface area contributed by atoms with Gasteiger partial charge in [0.1, 0.15) is 17.0 Å². The van der Waals surface area contributed by atoms with Crippen LogP contribution in [0.1, 0.15) is 46.6 Å². The summed E-state index contributed by atoms with van der Waals surface area (Å²) in [6.07, 6.45) is 8.46. The van der Waals surface area contributed by atoms with Gasteiger partial charge >= 0.3 is 0 Å². The Kier molecular flexibility index (Phi) is 6.17. The molecule has 0 saturated heterocycles. The van der Waals surface area contributed by atoms with Crippen molar-refractivity contribution in [1.29, 1.82) is 0 Å². The second-order valence-electron chi connectivity index (χ2n) is 9.89. The van der Waals surface area contributed by atoms with Crippen LogP contribution in [0.3, 0.4) is 0 Å². The van der Waals surface area contributed by atoms with Crippen molar-refractivity contribution in [2.45, 2.75) is 25.8 Å². The van der Waals surface area contributed by atoms with E-state index >= 15 is 0 Å². The number of hydrogen-bond donors (Lipinski definition) is 2. The summed E-state index contributed by atoms with van der Waals surface area (Å²) >= 11 is 0. The summed E-state index contributed by atoms with van der Waals surface area (Å²) in [6, 6.07) is 19.0. The molecule has 10 nitrogen and oxygen atoms in total. The van der Waals surface area contributed by atoms with Gasteiger partial charge in [0.25, 0.3) is 5.91 Å². The van der Waals surface area contributed by atoms with E-state index in [0.29, 0.717) is 39.9 Å². The van der Waals surface area contributed by atoms with Crippen LogP contribution in [0.4, 0.5) is 5.82 Å². The lowest BCUT2D eigenvalue weighted by molar-refractivity contribution is 0.0936. The number of nitrogen functional groups attached to an aromatic ring is 1. The number of carbonyl (C=O) groups is 1. The largest absolute Gasteiger partial charge is 0.383 e. The first-order valence-corrected chi connectivity index (χ1v) is 13.5. The van der Waals surface area contributed by atoms with Crippen LogP contribution in [-0.4, -0.2) is 40.2 Å². The molecule has 5 heterocycles. The van der Waals surface area contributed by atoms with Crippen LogP contribution in [0, 0.1) is 11.8 Å². The third-order valence-corrected chi connectivity index (χ3v) is 7.37. The summed E-state index contributed by atoms with van der Waals surface area (Å²) in [6.45, 7) is 1.73. The molecule has 1 atom stereocenters. The fourth-order valence-electron chi connectivity index (χ4n) is 5.45. The number of carbonyl (C=O) groups excluding carboxylic acids is 1. The number of aryl methyl sites for hydroxylation is 1. The van der Waals surface area contributed by atoms with E-state index in [-0.39, 0.29) is 11.9 Å². The third kappa shape index (κ3) is 4.33. The van der Waals surface area contributed by atoms with Gasteiger partial charge in [-0.1, -0.05) is 12.0 Å². The number of anilines is 1. The minimum atomic E-state index is -0.187. The van der Waals surface area contributed by atoms with Gasteiger partial charge in [0, 0.05) is 30.5 Å². The Morgan fingerprint density at radius 3 is 2.74 bits per heavy atom. The molecule has 0 spiro atoms. The van der Waals surface area contributed by atoms with E-state index in [4.69, 9.17) is 15.7 Å². The van der Waals surface area contributed by atoms with Crippen molar-refractivity contribution in [1.82, 2.24) is 39.6 Å². The number of fused-ring (bicyclic) bond motifs is 2. The van der Waals surface area contributed by atoms with Crippen LogP contribution >= 0.6 is 0 Å². The number of nitrogens with two attached hydrogens (primary N) is 1. The van der Waals surface area contributed by atoms with Gasteiger partial charge in [-0.2, -0.15) is 5.10 Å². The average Bonchev–Trinajstić information content (AvgIpc) is 3.76. The van der Waals surface area contributed by atoms with Crippen molar-refractivity contribution >= 4 is 22.9 Å². The summed E-state index contributed by atoms with van der Waals surface area (Å²) in [5.41, 5.74) is 12.5. The molecule has 1 amide bonds. The van der Waals surface area contributed by atoms with Crippen LogP contribution in [0.5, 0.6) is 0 Å². The Labute approximate surface area is 241 Å². The molecule has 7 rings (SSSR count). The first kappa shape index (κ1) is 25.2. The number of benzene rings is 1. The zero-order chi connectivity index (χ0) is 28.6. The fraction of sp³-hybridized carbons (Fsp3) is 0.125. The maximum Gasteiger partial charge on any atom is 0.254 e. The summed E-state index contributed by atoms with van der Waals surface area (Å²) in [5, 5.41) is 7.53. The highest BCUT2D eigenvalue weighted by Crippen LogP contribution is 2.36. The Morgan fingerprint density at radius 1 is 1.02 bits per heavy atom. The normalized spacial score (nSPS) is 13.9. The first-order chi connectivity index (χ1) is 20.6. The molecule has 0 unspecified atom stereocenters. The predicted octanol–water partition coefficient (Wildman–Crippen LogP) is 4.43. The SMILES string of the molecule is CC#Cc1ncccc1C(=O)N[C@H]1CCc2cc(-n3c(-c4cccnc4N)nc4ccc(-n5cccn5)nc43)ccc21. The Morgan fingerprint density at radius 2 is 1.90 bits per heavy atom. The van der Waals surface area contributed by atoms with Crippen LogP contribution in [0.15, 0.2) is 85.5 Å². The van der Waals surface area contributed by atoms with E-state index < -0.39 is 0 Å². The molecule has 1 aliphatic carbocycles. The molecule has 204 valence electrons. The number of aromatic nitrogens is 7. The molecule has 1 aromatic carbocycles. The highest BCUT2D eigenvalue weighted by molar-refractivity contribution is 5.96. The Balaban J connectivity index is 1.30. The smallest absolute Gasteiger partial charge is 0.254 e. The molecule has 6 aromatic rings. The molecular formula is C32H25N9O. The highest BCUT2D eigenvalue weighted by Gasteiger charge is 2.27. The standard InChI is InChI=1S/C32H25N9O/c1-2-6-25-23(7-3-15-34-25)32(42)38-26-12-9-20-19-21(10-11-22(20)26)41-30(24-8-4-16-35-29(24)33)37-27-13-14-28(39-31(27)41)40-18-5-17-36-40/h3-5,7-8,10-11,13-19,26H,9,12H2,1H3,(H2,33,35)(H,38,42)/t26-/m0/s1. The molecular weight excluding hydrogens is 526 g/mol. The van der Waals surface area contributed by atoms with Crippen molar-refractivity contribution in [3.8, 4) is 34.7 Å². The number of nitrogens with zero attached hydrogens (tertiary/aromatic N) is 7. The summed E-state index contributed by atoms with van der Waals surface area (Å²) in [5.74, 6) is 7.26. The van der Waals surface area contributed by atoms with Crippen LogP contribution < -0.4 is 11.1 Å². The molecule has 10 heteroatoms. The summed E-state index contributed by atoms with van der Waals surface area (Å²) in [7, 11) is 0. The van der Waals surface area contributed by atoms with Crippen molar-refractivity contribution in [2.24, 2.45) is 0 Å². The summed E-state index contributed by atoms with van der Waals surface area (Å²) in [4.78, 5) is 31.6. The van der Waals surface area contributed by atoms with E-state index in [2.05, 4.69) is 44.4 Å². The first-order valence-electron chi connectivity index (χ1n) is 13.5. The topological polar surface area (TPSA) is 129 Å². The fourth-order valence-corrected chi connectivity index (χ4v) is 5.45.